The van der Waals surface area contributed by atoms with E-state index in [4.69, 9.17) is 20.0 Å². The number of hydrogen-bond acceptors (Lipinski definition) is 5. The molecule has 0 spiro atoms. The van der Waals surface area contributed by atoms with Gasteiger partial charge in [0.2, 0.25) is 0 Å². The van der Waals surface area contributed by atoms with Gasteiger partial charge in [-0.3, -0.25) is 9.98 Å². The van der Waals surface area contributed by atoms with Gasteiger partial charge in [0, 0.05) is 34.9 Å². The molecule has 0 saturated carbocycles. The molecule has 0 amide bonds. The molecule has 0 radical (unpaired) electrons. The lowest BCUT2D eigenvalue weighted by Gasteiger charge is -2.40. The van der Waals surface area contributed by atoms with Gasteiger partial charge < -0.3 is 4.90 Å². The molecular weight excluding hydrogens is 599 g/mol. The van der Waals surface area contributed by atoms with Gasteiger partial charge in [0.25, 0.3) is 0 Å². The van der Waals surface area contributed by atoms with E-state index in [1.807, 2.05) is 0 Å². The van der Waals surface area contributed by atoms with Crippen LogP contribution in [0.3, 0.4) is 0 Å². The molecule has 0 fully saturated rings. The first-order chi connectivity index (χ1) is 24.3. The van der Waals surface area contributed by atoms with Crippen LogP contribution in [0.4, 0.5) is 0 Å². The fourth-order valence-electron chi connectivity index (χ4n) is 8.56. The molecule has 4 atom stereocenters. The Morgan fingerprint density at radius 3 is 2.43 bits per heavy atom. The van der Waals surface area contributed by atoms with Crippen molar-refractivity contribution in [1.82, 2.24) is 14.9 Å². The zero-order valence-electron chi connectivity index (χ0n) is 27.4. The van der Waals surface area contributed by atoms with Gasteiger partial charge in [-0.15, -0.1) is 0 Å². The van der Waals surface area contributed by atoms with Crippen LogP contribution in [0, 0.1) is 11.8 Å². The average molecular weight is 636 g/mol. The molecule has 4 heterocycles. The number of benzene rings is 3. The van der Waals surface area contributed by atoms with Crippen molar-refractivity contribution < 1.29 is 0 Å². The van der Waals surface area contributed by atoms with E-state index in [0.29, 0.717) is 11.8 Å². The summed E-state index contributed by atoms with van der Waals surface area (Å²) in [6.45, 7) is 0. The van der Waals surface area contributed by atoms with Crippen LogP contribution in [0.5, 0.6) is 0 Å². The lowest BCUT2D eigenvalue weighted by Crippen LogP contribution is -2.47. The van der Waals surface area contributed by atoms with Gasteiger partial charge >= 0.3 is 0 Å². The Bertz CT molecular complexity index is 2260. The normalized spacial score (nSPS) is 24.8. The first kappa shape index (κ1) is 28.6. The second kappa shape index (κ2) is 11.6. The SMILES string of the molecule is C1=CC2=NC3C4C=CCCC4C(c4ccc(C5=CC=C(c6nc7c(c(-c8ccc9ccccc9c8)n6)C=CCC7)CC5)cc4)=NC3N2C=C1. The summed E-state index contributed by atoms with van der Waals surface area (Å²) >= 11 is 0. The third-order valence-corrected chi connectivity index (χ3v) is 11.1. The zero-order valence-corrected chi connectivity index (χ0v) is 27.4. The highest BCUT2D eigenvalue weighted by Gasteiger charge is 2.47. The molecule has 3 aliphatic carbocycles. The summed E-state index contributed by atoms with van der Waals surface area (Å²) in [6.07, 6.45) is 28.3. The lowest BCUT2D eigenvalue weighted by atomic mass is 9.72. The Morgan fingerprint density at radius 2 is 1.53 bits per heavy atom. The number of nitrogens with zero attached hydrogens (tertiary/aromatic N) is 5. The van der Waals surface area contributed by atoms with Crippen LogP contribution < -0.4 is 0 Å². The highest BCUT2D eigenvalue weighted by Crippen LogP contribution is 2.42. The van der Waals surface area contributed by atoms with Crippen molar-refractivity contribution >= 4 is 39.5 Å². The van der Waals surface area contributed by atoms with Crippen molar-refractivity contribution in [2.45, 2.75) is 50.7 Å². The summed E-state index contributed by atoms with van der Waals surface area (Å²) in [7, 11) is 0. The monoisotopic (exact) mass is 635 g/mol. The Hall–Kier alpha value is -5.42. The first-order valence-corrected chi connectivity index (χ1v) is 17.8. The predicted molar refractivity (Wildman–Crippen MR) is 201 cm³/mol. The highest BCUT2D eigenvalue weighted by molar-refractivity contribution is 6.05. The Morgan fingerprint density at radius 1 is 0.694 bits per heavy atom. The maximum Gasteiger partial charge on any atom is 0.156 e. The topological polar surface area (TPSA) is 53.7 Å². The number of hydrogen-bond donors (Lipinski definition) is 0. The van der Waals surface area contributed by atoms with E-state index >= 15 is 0 Å². The van der Waals surface area contributed by atoms with Crippen LogP contribution in [-0.2, 0) is 6.42 Å². The first-order valence-electron chi connectivity index (χ1n) is 17.8. The largest absolute Gasteiger partial charge is 0.308 e. The quantitative estimate of drug-likeness (QED) is 0.210. The maximum atomic E-state index is 5.41. The molecular formula is C44H37N5. The van der Waals surface area contributed by atoms with Crippen LogP contribution in [-0.4, -0.2) is 38.6 Å². The summed E-state index contributed by atoms with van der Waals surface area (Å²) in [5.74, 6) is 2.70. The minimum Gasteiger partial charge on any atom is -0.308 e. The van der Waals surface area contributed by atoms with E-state index < -0.39 is 0 Å². The van der Waals surface area contributed by atoms with Crippen LogP contribution in [0.1, 0.15) is 60.3 Å². The van der Waals surface area contributed by atoms with E-state index in [9.17, 15) is 0 Å². The van der Waals surface area contributed by atoms with Gasteiger partial charge in [0.1, 0.15) is 18.0 Å². The second-order valence-corrected chi connectivity index (χ2v) is 13.9. The Labute approximate surface area is 287 Å². The number of aromatic nitrogens is 2. The van der Waals surface area contributed by atoms with E-state index in [-0.39, 0.29) is 12.2 Å². The average Bonchev–Trinajstić information content (AvgIpc) is 3.56. The molecule has 5 nitrogen and oxygen atoms in total. The molecule has 1 aromatic heterocycles. The van der Waals surface area contributed by atoms with Crippen LogP contribution >= 0.6 is 0 Å². The Balaban J connectivity index is 0.947. The molecule has 10 rings (SSSR count). The second-order valence-electron chi connectivity index (χ2n) is 13.9. The minimum absolute atomic E-state index is 0.0306. The maximum absolute atomic E-state index is 5.41. The predicted octanol–water partition coefficient (Wildman–Crippen LogP) is 9.39. The van der Waals surface area contributed by atoms with Gasteiger partial charge in [0.05, 0.1) is 11.4 Å². The molecule has 6 aliphatic rings. The van der Waals surface area contributed by atoms with Crippen molar-refractivity contribution in [3.63, 3.8) is 0 Å². The van der Waals surface area contributed by atoms with Crippen LogP contribution in [0.15, 0.2) is 132 Å². The molecule has 3 aliphatic heterocycles. The summed E-state index contributed by atoms with van der Waals surface area (Å²) in [5, 5.41) is 2.48. The van der Waals surface area contributed by atoms with E-state index in [0.717, 1.165) is 72.7 Å². The summed E-state index contributed by atoms with van der Waals surface area (Å²) in [4.78, 5) is 23.1. The third-order valence-electron chi connectivity index (χ3n) is 11.1. The number of allylic oxidation sites excluding steroid dienone is 8. The van der Waals surface area contributed by atoms with Crippen molar-refractivity contribution in [2.24, 2.45) is 21.8 Å². The number of amidine groups is 1. The van der Waals surface area contributed by atoms with Gasteiger partial charge in [-0.2, -0.15) is 0 Å². The van der Waals surface area contributed by atoms with E-state index in [1.54, 1.807) is 0 Å². The molecule has 238 valence electrons. The van der Waals surface area contributed by atoms with Crippen molar-refractivity contribution in [3.8, 4) is 11.3 Å². The standard InChI is InChI=1S/C44H37N5/c1-2-10-33-27-34(25-20-28(33)9-1)41-37-13-5-6-14-38(37)45-43(47-41)32-23-18-30(19-24-32)29-16-21-31(22-17-29)40-35-11-3-4-12-36(35)42-44(48-40)49-26-8-7-15-39(49)46-42/h1-2,4-5,7-10,12-13,15-18,20-23,25-27,35-36,42,44H,3,6,11,14,19,24H2. The minimum atomic E-state index is 0.0306. The van der Waals surface area contributed by atoms with Gasteiger partial charge in [-0.1, -0.05) is 103 Å². The molecule has 0 bridgehead atoms. The fourth-order valence-corrected chi connectivity index (χ4v) is 8.56. The molecule has 4 unspecified atom stereocenters. The van der Waals surface area contributed by atoms with Crippen molar-refractivity contribution in [2.75, 3.05) is 0 Å². The molecule has 0 N–H and O–H groups in total. The van der Waals surface area contributed by atoms with Gasteiger partial charge in [-0.25, -0.2) is 9.97 Å². The summed E-state index contributed by atoms with van der Waals surface area (Å²) < 4.78 is 0. The van der Waals surface area contributed by atoms with Crippen molar-refractivity contribution in [1.29, 1.82) is 0 Å². The molecule has 3 aromatic carbocycles. The number of fused-ring (bicyclic) bond motifs is 7. The Kier molecular flexibility index (Phi) is 6.78. The van der Waals surface area contributed by atoms with Crippen LogP contribution in [0.2, 0.25) is 0 Å². The molecule has 4 aromatic rings. The molecule has 0 saturated heterocycles. The molecule has 5 heteroatoms. The third kappa shape index (κ3) is 4.90. The summed E-state index contributed by atoms with van der Waals surface area (Å²) in [6, 6.07) is 24.6. The van der Waals surface area contributed by atoms with Crippen LogP contribution in [0.25, 0.3) is 39.3 Å². The fraction of sp³-hybridized carbons (Fsp3) is 0.227. The van der Waals surface area contributed by atoms with E-state index in [1.165, 1.54) is 38.8 Å². The number of aliphatic imine (C=N–C) groups is 2. The highest BCUT2D eigenvalue weighted by atomic mass is 15.3. The van der Waals surface area contributed by atoms with Gasteiger partial charge in [0.15, 0.2) is 5.82 Å². The molecule has 49 heavy (non-hydrogen) atoms. The van der Waals surface area contributed by atoms with Crippen molar-refractivity contribution in [3.05, 3.63) is 150 Å². The lowest BCUT2D eigenvalue weighted by molar-refractivity contribution is 0.276. The van der Waals surface area contributed by atoms with Gasteiger partial charge in [-0.05, 0) is 89.8 Å². The smallest absolute Gasteiger partial charge is 0.156 e. The number of rotatable bonds is 4. The summed E-state index contributed by atoms with van der Waals surface area (Å²) in [5.41, 5.74) is 10.8. The number of aryl methyl sites for hydroxylation is 1. The van der Waals surface area contributed by atoms with E-state index in [2.05, 4.69) is 133 Å². The zero-order chi connectivity index (χ0) is 32.3.